The van der Waals surface area contributed by atoms with Gasteiger partial charge in [0, 0.05) is 30.4 Å². The average molecular weight is 710 g/mol. The molecule has 0 aliphatic carbocycles. The van der Waals surface area contributed by atoms with E-state index in [0.29, 0.717) is 63.8 Å². The molecule has 0 saturated heterocycles. The van der Waals surface area contributed by atoms with Gasteiger partial charge in [0.15, 0.2) is 0 Å². The van der Waals surface area contributed by atoms with Gasteiger partial charge in [-0.15, -0.1) is 0 Å². The van der Waals surface area contributed by atoms with E-state index in [9.17, 15) is 24.0 Å². The van der Waals surface area contributed by atoms with Crippen molar-refractivity contribution in [3.63, 3.8) is 0 Å². The molecule has 1 aromatic heterocycles. The van der Waals surface area contributed by atoms with Crippen LogP contribution in [0.2, 0.25) is 0 Å². The lowest BCUT2D eigenvalue weighted by Gasteiger charge is -2.20. The van der Waals surface area contributed by atoms with Crippen molar-refractivity contribution in [2.45, 2.75) is 96.1 Å². The second kappa shape index (κ2) is 25.5. The number of nitrogens with zero attached hydrogens (tertiary/aromatic N) is 1. The van der Waals surface area contributed by atoms with Crippen molar-refractivity contribution in [3.8, 4) is 11.3 Å². The van der Waals surface area contributed by atoms with Crippen LogP contribution in [0.4, 0.5) is 0 Å². The molecule has 282 valence electrons. The highest BCUT2D eigenvalue weighted by Crippen LogP contribution is 2.20. The van der Waals surface area contributed by atoms with Crippen molar-refractivity contribution in [3.05, 3.63) is 53.7 Å². The maximum atomic E-state index is 12.8. The fourth-order valence-electron chi connectivity index (χ4n) is 5.32. The predicted molar refractivity (Wildman–Crippen MR) is 199 cm³/mol. The van der Waals surface area contributed by atoms with Gasteiger partial charge in [-0.25, -0.2) is 0 Å². The fourth-order valence-corrected chi connectivity index (χ4v) is 5.32. The molecule has 0 radical (unpaired) electrons. The predicted octanol–water partition coefficient (Wildman–Crippen LogP) is 1.55. The van der Waals surface area contributed by atoms with Gasteiger partial charge in [-0.05, 0) is 88.7 Å². The molecule has 14 nitrogen and oxygen atoms in total. The minimum absolute atomic E-state index is 0.0823. The lowest BCUT2D eigenvalue weighted by Crippen LogP contribution is -2.53. The Hall–Kier alpha value is -4.40. The van der Waals surface area contributed by atoms with Gasteiger partial charge in [0.2, 0.25) is 23.6 Å². The molecule has 2 aromatic rings. The summed E-state index contributed by atoms with van der Waals surface area (Å²) in [5.41, 5.74) is 20.3. The lowest BCUT2D eigenvalue weighted by molar-refractivity contribution is -0.131. The number of hydrogen-bond donors (Lipinski definition) is 8. The van der Waals surface area contributed by atoms with Crippen LogP contribution in [0.15, 0.2) is 42.6 Å². The highest BCUT2D eigenvalue weighted by molar-refractivity contribution is 5.97. The lowest BCUT2D eigenvalue weighted by atomic mass is 10.0. The van der Waals surface area contributed by atoms with Crippen molar-refractivity contribution >= 4 is 29.5 Å². The van der Waals surface area contributed by atoms with Gasteiger partial charge in [-0.1, -0.05) is 50.3 Å². The van der Waals surface area contributed by atoms with Crippen LogP contribution in [0.25, 0.3) is 11.3 Å². The number of aromatic nitrogens is 1. The van der Waals surface area contributed by atoms with E-state index in [1.165, 1.54) is 0 Å². The smallest absolute Gasteiger partial charge is 0.251 e. The molecular formula is C37H59N9O5. The van der Waals surface area contributed by atoms with E-state index >= 15 is 0 Å². The molecule has 1 heterocycles. The Labute approximate surface area is 302 Å². The van der Waals surface area contributed by atoms with E-state index in [2.05, 4.69) is 31.6 Å². The Morgan fingerprint density at radius 3 is 1.98 bits per heavy atom. The number of rotatable bonds is 26. The molecule has 2 atom stereocenters. The van der Waals surface area contributed by atoms with Crippen molar-refractivity contribution in [2.75, 3.05) is 39.3 Å². The van der Waals surface area contributed by atoms with Crippen molar-refractivity contribution < 1.29 is 24.0 Å². The normalized spacial score (nSPS) is 12.0. The molecule has 0 fully saturated rings. The van der Waals surface area contributed by atoms with Crippen LogP contribution in [0.5, 0.6) is 0 Å². The maximum absolute atomic E-state index is 12.8. The number of unbranched alkanes of at least 4 members (excludes halogenated alkanes) is 7. The van der Waals surface area contributed by atoms with Gasteiger partial charge < -0.3 is 43.8 Å². The molecular weight excluding hydrogens is 650 g/mol. The van der Waals surface area contributed by atoms with Crippen LogP contribution < -0.4 is 43.8 Å². The van der Waals surface area contributed by atoms with Gasteiger partial charge in [0.05, 0.1) is 24.8 Å². The van der Waals surface area contributed by atoms with Crippen molar-refractivity contribution in [2.24, 2.45) is 17.2 Å². The number of aryl methyl sites for hydroxylation is 1. The van der Waals surface area contributed by atoms with Crippen LogP contribution in [0.3, 0.4) is 0 Å². The summed E-state index contributed by atoms with van der Waals surface area (Å²) in [7, 11) is 0. The van der Waals surface area contributed by atoms with Gasteiger partial charge in [-0.2, -0.15) is 0 Å². The topological polar surface area (TPSA) is 236 Å². The minimum atomic E-state index is -0.849. The first-order valence-electron chi connectivity index (χ1n) is 18.2. The molecule has 2 rings (SSSR count). The standard InChI is InChI=1S/C37H59N9O5/c1-27-17-18-28(31-15-8-13-21-41-31)24-29(27)35(49)43-23-12-5-3-2-4-11-22-42-33(47)25-44-34(48)26-45-37(51)32(16-7-10-20-39)46-36(50)30(40)14-6-9-19-38/h8,13,15,17-18,21,24,30,32H,2-7,9-12,14,16,19-20,22-23,25-26,38-40H2,1H3,(H,42,47)(H,43,49)(H,44,48)(H,45,51)(H,46,50)/t30-,32-/m0/s1. The summed E-state index contributed by atoms with van der Waals surface area (Å²) in [6.45, 7) is 3.46. The molecule has 14 heteroatoms. The third kappa shape index (κ3) is 17.9. The van der Waals surface area contributed by atoms with Crippen LogP contribution in [0, 0.1) is 6.92 Å². The van der Waals surface area contributed by atoms with E-state index in [4.69, 9.17) is 17.2 Å². The molecule has 1 aromatic carbocycles. The molecule has 0 aliphatic heterocycles. The maximum Gasteiger partial charge on any atom is 0.251 e. The second-order valence-electron chi connectivity index (χ2n) is 12.7. The molecule has 51 heavy (non-hydrogen) atoms. The Bertz CT molecular complexity index is 1360. The number of nitrogens with two attached hydrogens (primary N) is 3. The summed E-state index contributed by atoms with van der Waals surface area (Å²) in [6, 6.07) is 9.90. The zero-order chi connectivity index (χ0) is 37.3. The van der Waals surface area contributed by atoms with Crippen LogP contribution in [-0.4, -0.2) is 85.9 Å². The Balaban J connectivity index is 1.55. The number of benzene rings is 1. The summed E-state index contributed by atoms with van der Waals surface area (Å²) >= 11 is 0. The summed E-state index contributed by atoms with van der Waals surface area (Å²) in [6.07, 6.45) is 11.0. The highest BCUT2D eigenvalue weighted by atomic mass is 16.2. The number of carbonyl (C=O) groups is 5. The quantitative estimate of drug-likeness (QED) is 0.0661. The van der Waals surface area contributed by atoms with E-state index in [1.807, 2.05) is 43.3 Å². The number of pyridine rings is 1. The number of amides is 5. The first-order valence-corrected chi connectivity index (χ1v) is 18.2. The largest absolute Gasteiger partial charge is 0.355 e. The van der Waals surface area contributed by atoms with Gasteiger partial charge in [0.1, 0.15) is 6.04 Å². The third-order valence-corrected chi connectivity index (χ3v) is 8.41. The van der Waals surface area contributed by atoms with Gasteiger partial charge in [0.25, 0.3) is 5.91 Å². The molecule has 0 bridgehead atoms. The van der Waals surface area contributed by atoms with E-state index < -0.39 is 29.8 Å². The number of hydrogen-bond acceptors (Lipinski definition) is 9. The summed E-state index contributed by atoms with van der Waals surface area (Å²) in [5.74, 6) is -1.86. The fraction of sp³-hybridized carbons (Fsp3) is 0.568. The minimum Gasteiger partial charge on any atom is -0.355 e. The first kappa shape index (κ1) is 42.8. The Morgan fingerprint density at radius 1 is 0.686 bits per heavy atom. The molecule has 11 N–H and O–H groups in total. The summed E-state index contributed by atoms with van der Waals surface area (Å²) in [5, 5.41) is 13.5. The molecule has 0 aliphatic rings. The van der Waals surface area contributed by atoms with Crippen LogP contribution >= 0.6 is 0 Å². The summed E-state index contributed by atoms with van der Waals surface area (Å²) in [4.78, 5) is 66.8. The molecule has 0 saturated carbocycles. The van der Waals surface area contributed by atoms with Gasteiger partial charge >= 0.3 is 0 Å². The highest BCUT2D eigenvalue weighted by Gasteiger charge is 2.24. The molecule has 0 spiro atoms. The first-order chi connectivity index (χ1) is 24.7. The zero-order valence-electron chi connectivity index (χ0n) is 30.1. The van der Waals surface area contributed by atoms with E-state index in [1.54, 1.807) is 6.20 Å². The third-order valence-electron chi connectivity index (χ3n) is 8.41. The Kier molecular flexibility index (Phi) is 21.4. The van der Waals surface area contributed by atoms with Crippen LogP contribution in [0.1, 0.15) is 93.0 Å². The summed E-state index contributed by atoms with van der Waals surface area (Å²) < 4.78 is 0. The zero-order valence-corrected chi connectivity index (χ0v) is 30.1. The van der Waals surface area contributed by atoms with Crippen molar-refractivity contribution in [1.29, 1.82) is 0 Å². The van der Waals surface area contributed by atoms with Crippen LogP contribution in [-0.2, 0) is 19.2 Å². The number of carbonyl (C=O) groups excluding carboxylic acids is 5. The molecule has 5 amide bonds. The second-order valence-corrected chi connectivity index (χ2v) is 12.7. The molecule has 0 unspecified atom stereocenters. The monoisotopic (exact) mass is 709 g/mol. The van der Waals surface area contributed by atoms with Crippen molar-refractivity contribution in [1.82, 2.24) is 31.6 Å². The van der Waals surface area contributed by atoms with Gasteiger partial charge in [-0.3, -0.25) is 29.0 Å². The Morgan fingerprint density at radius 2 is 1.31 bits per heavy atom. The SMILES string of the molecule is Cc1ccc(-c2ccccn2)cc1C(=O)NCCCCCCCCNC(=O)CNC(=O)CNC(=O)[C@H](CCCCN)NC(=O)[C@@H](N)CCCCN. The van der Waals surface area contributed by atoms with E-state index in [-0.39, 0.29) is 24.9 Å². The number of nitrogens with one attached hydrogen (secondary N) is 5. The van der Waals surface area contributed by atoms with E-state index in [0.717, 1.165) is 61.8 Å². The average Bonchev–Trinajstić information content (AvgIpc) is 3.13.